The van der Waals surface area contributed by atoms with Crippen LogP contribution >= 0.6 is 0 Å². The zero-order valence-electron chi connectivity index (χ0n) is 10.9. The van der Waals surface area contributed by atoms with Crippen molar-refractivity contribution in [2.45, 2.75) is 6.04 Å². The van der Waals surface area contributed by atoms with Gasteiger partial charge < -0.3 is 15.2 Å². The molecule has 1 unspecified atom stereocenters. The lowest BCUT2D eigenvalue weighted by molar-refractivity contribution is 0.273. The van der Waals surface area contributed by atoms with Gasteiger partial charge in [-0.25, -0.2) is 8.78 Å². The highest BCUT2D eigenvalue weighted by Gasteiger charge is 2.17. The third kappa shape index (κ3) is 3.05. The Morgan fingerprint density at radius 1 is 1.15 bits per heavy atom. The highest BCUT2D eigenvalue weighted by molar-refractivity contribution is 5.48. The maximum Gasteiger partial charge on any atom is 0.164 e. The lowest BCUT2D eigenvalue weighted by Gasteiger charge is -2.19. The van der Waals surface area contributed by atoms with Gasteiger partial charge in [-0.15, -0.1) is 0 Å². The second-order valence-corrected chi connectivity index (χ2v) is 4.25. The third-order valence-electron chi connectivity index (χ3n) is 2.97. The van der Waals surface area contributed by atoms with Crippen molar-refractivity contribution in [2.75, 3.05) is 19.0 Å². The number of aliphatic hydroxyl groups is 1. The van der Waals surface area contributed by atoms with Crippen molar-refractivity contribution < 1.29 is 18.6 Å². The van der Waals surface area contributed by atoms with Gasteiger partial charge >= 0.3 is 0 Å². The Balaban J connectivity index is 2.21. The van der Waals surface area contributed by atoms with Gasteiger partial charge in [0.15, 0.2) is 11.6 Å². The van der Waals surface area contributed by atoms with E-state index in [1.807, 2.05) is 0 Å². The summed E-state index contributed by atoms with van der Waals surface area (Å²) in [5, 5.41) is 12.3. The van der Waals surface area contributed by atoms with Crippen molar-refractivity contribution in [2.24, 2.45) is 0 Å². The topological polar surface area (TPSA) is 41.5 Å². The smallest absolute Gasteiger partial charge is 0.164 e. The summed E-state index contributed by atoms with van der Waals surface area (Å²) in [6, 6.07) is 10.1. The summed E-state index contributed by atoms with van der Waals surface area (Å²) in [6.07, 6.45) is 0. The molecule has 0 fully saturated rings. The molecule has 2 aromatic carbocycles. The highest BCUT2D eigenvalue weighted by Crippen LogP contribution is 2.24. The lowest BCUT2D eigenvalue weighted by atomic mass is 10.1. The summed E-state index contributed by atoms with van der Waals surface area (Å²) < 4.78 is 32.0. The Morgan fingerprint density at radius 3 is 2.45 bits per heavy atom. The molecule has 0 aliphatic rings. The molecule has 0 aromatic heterocycles. The summed E-state index contributed by atoms with van der Waals surface area (Å²) in [6.45, 7) is -0.355. The summed E-state index contributed by atoms with van der Waals surface area (Å²) >= 11 is 0. The molecule has 0 aliphatic carbocycles. The van der Waals surface area contributed by atoms with Gasteiger partial charge in [-0.1, -0.05) is 12.1 Å². The van der Waals surface area contributed by atoms with Crippen LogP contribution in [0.1, 0.15) is 11.6 Å². The van der Waals surface area contributed by atoms with Crippen molar-refractivity contribution in [3.63, 3.8) is 0 Å². The minimum atomic E-state index is -0.951. The zero-order valence-corrected chi connectivity index (χ0v) is 10.9. The van der Waals surface area contributed by atoms with Gasteiger partial charge in [-0.3, -0.25) is 0 Å². The van der Waals surface area contributed by atoms with Crippen LogP contribution in [0.3, 0.4) is 0 Å². The Hall–Kier alpha value is -2.14. The molecule has 0 radical (unpaired) electrons. The first-order valence-corrected chi connectivity index (χ1v) is 6.11. The Morgan fingerprint density at radius 2 is 1.85 bits per heavy atom. The van der Waals surface area contributed by atoms with Crippen LogP contribution < -0.4 is 10.1 Å². The van der Waals surface area contributed by atoms with Crippen LogP contribution in [-0.4, -0.2) is 18.8 Å². The van der Waals surface area contributed by atoms with Crippen LogP contribution in [-0.2, 0) is 0 Å². The average molecular weight is 279 g/mol. The van der Waals surface area contributed by atoms with Crippen molar-refractivity contribution >= 4 is 5.69 Å². The molecule has 0 aliphatic heterocycles. The van der Waals surface area contributed by atoms with E-state index in [0.717, 1.165) is 6.07 Å². The van der Waals surface area contributed by atoms with E-state index in [-0.39, 0.29) is 12.2 Å². The molecule has 106 valence electrons. The fourth-order valence-corrected chi connectivity index (χ4v) is 1.90. The maximum atomic E-state index is 13.7. The summed E-state index contributed by atoms with van der Waals surface area (Å²) in [7, 11) is 1.56. The minimum absolute atomic E-state index is 0.0864. The van der Waals surface area contributed by atoms with E-state index in [9.17, 15) is 13.9 Å². The molecule has 1 atom stereocenters. The van der Waals surface area contributed by atoms with Gasteiger partial charge in [-0.2, -0.15) is 0 Å². The maximum absolute atomic E-state index is 13.7. The van der Waals surface area contributed by atoms with E-state index in [1.165, 1.54) is 12.1 Å². The predicted molar refractivity (Wildman–Crippen MR) is 72.8 cm³/mol. The number of benzene rings is 2. The van der Waals surface area contributed by atoms with Crippen molar-refractivity contribution in [1.82, 2.24) is 0 Å². The first-order chi connectivity index (χ1) is 9.65. The number of methoxy groups -OCH3 is 1. The van der Waals surface area contributed by atoms with Crippen LogP contribution in [0.25, 0.3) is 0 Å². The van der Waals surface area contributed by atoms with Gasteiger partial charge in [0.2, 0.25) is 0 Å². The molecule has 20 heavy (non-hydrogen) atoms. The van der Waals surface area contributed by atoms with Crippen LogP contribution in [0.15, 0.2) is 42.5 Å². The second kappa shape index (κ2) is 6.34. The van der Waals surface area contributed by atoms with E-state index >= 15 is 0 Å². The van der Waals surface area contributed by atoms with E-state index < -0.39 is 17.7 Å². The first-order valence-electron chi connectivity index (χ1n) is 6.11. The van der Waals surface area contributed by atoms with Crippen molar-refractivity contribution in [3.8, 4) is 5.75 Å². The van der Waals surface area contributed by atoms with Gasteiger partial charge in [0, 0.05) is 11.3 Å². The molecule has 3 nitrogen and oxygen atoms in total. The van der Waals surface area contributed by atoms with Gasteiger partial charge in [-0.05, 0) is 30.3 Å². The number of rotatable bonds is 5. The van der Waals surface area contributed by atoms with E-state index in [4.69, 9.17) is 4.74 Å². The summed E-state index contributed by atoms with van der Waals surface area (Å²) in [4.78, 5) is 0. The molecular formula is C15H15F2NO2. The van der Waals surface area contributed by atoms with Gasteiger partial charge in [0.1, 0.15) is 5.75 Å². The Kier molecular flexibility index (Phi) is 4.53. The molecule has 0 saturated heterocycles. The van der Waals surface area contributed by atoms with Crippen molar-refractivity contribution in [1.29, 1.82) is 0 Å². The fraction of sp³-hybridized carbons (Fsp3) is 0.200. The predicted octanol–water partition coefficient (Wildman–Crippen LogP) is 3.12. The number of ether oxygens (including phenoxy) is 1. The number of anilines is 1. The van der Waals surface area contributed by atoms with Gasteiger partial charge in [0.05, 0.1) is 19.8 Å². The van der Waals surface area contributed by atoms with E-state index in [0.29, 0.717) is 11.4 Å². The lowest BCUT2D eigenvalue weighted by Crippen LogP contribution is -2.16. The van der Waals surface area contributed by atoms with Crippen molar-refractivity contribution in [3.05, 3.63) is 59.7 Å². The molecule has 2 rings (SSSR count). The van der Waals surface area contributed by atoms with Crippen LogP contribution in [0.4, 0.5) is 14.5 Å². The Bertz CT molecular complexity index is 573. The number of hydrogen-bond acceptors (Lipinski definition) is 3. The molecule has 0 amide bonds. The molecule has 2 N–H and O–H groups in total. The number of hydrogen-bond donors (Lipinski definition) is 2. The molecule has 0 saturated carbocycles. The average Bonchev–Trinajstić information content (AvgIpc) is 2.48. The SMILES string of the molecule is COc1ccc(NC(CO)c2cccc(F)c2F)cc1. The number of nitrogens with one attached hydrogen (secondary N) is 1. The van der Waals surface area contributed by atoms with Crippen LogP contribution in [0, 0.1) is 11.6 Å². The third-order valence-corrected chi connectivity index (χ3v) is 2.97. The molecule has 0 bridgehead atoms. The second-order valence-electron chi connectivity index (χ2n) is 4.25. The first kappa shape index (κ1) is 14.3. The van der Waals surface area contributed by atoms with Crippen LogP contribution in [0.2, 0.25) is 0 Å². The minimum Gasteiger partial charge on any atom is -0.497 e. The molecule has 0 heterocycles. The summed E-state index contributed by atoms with van der Waals surface area (Å²) in [5.74, 6) is -1.20. The largest absolute Gasteiger partial charge is 0.497 e. The van der Waals surface area contributed by atoms with Gasteiger partial charge in [0.25, 0.3) is 0 Å². The molecular weight excluding hydrogens is 264 g/mol. The van der Waals surface area contributed by atoms with Crippen LogP contribution in [0.5, 0.6) is 5.75 Å². The fourth-order valence-electron chi connectivity index (χ4n) is 1.90. The quantitative estimate of drug-likeness (QED) is 0.883. The standard InChI is InChI=1S/C15H15F2NO2/c1-20-11-7-5-10(6-8-11)18-14(9-19)12-3-2-4-13(16)15(12)17/h2-8,14,18-19H,9H2,1H3. The molecule has 5 heteroatoms. The monoisotopic (exact) mass is 279 g/mol. The number of halogens is 2. The molecule has 0 spiro atoms. The van der Waals surface area contributed by atoms with E-state index in [2.05, 4.69) is 5.32 Å². The van der Waals surface area contributed by atoms with E-state index in [1.54, 1.807) is 31.4 Å². The highest BCUT2D eigenvalue weighted by atomic mass is 19.2. The Labute approximate surface area is 115 Å². The zero-order chi connectivity index (χ0) is 14.5. The molecule has 2 aromatic rings. The normalized spacial score (nSPS) is 12.0. The number of aliphatic hydroxyl groups excluding tert-OH is 1. The summed E-state index contributed by atoms with van der Waals surface area (Å²) in [5.41, 5.74) is 0.761.